The number of carbonyl (C=O) groups excluding carboxylic acids is 1. The molecular formula is C19H27N3O3. The third kappa shape index (κ3) is 4.58. The maximum atomic E-state index is 12.5. The van der Waals surface area contributed by atoms with E-state index in [0.717, 1.165) is 39.1 Å². The molecule has 1 aromatic carbocycles. The van der Waals surface area contributed by atoms with Crippen LogP contribution in [0.25, 0.3) is 0 Å². The number of aryl methyl sites for hydroxylation is 1. The van der Waals surface area contributed by atoms with E-state index < -0.39 is 12.0 Å². The molecule has 1 atom stereocenters. The Kier molecular flexibility index (Phi) is 5.71. The van der Waals surface area contributed by atoms with Crippen molar-refractivity contribution < 1.29 is 14.7 Å². The first kappa shape index (κ1) is 17.9. The van der Waals surface area contributed by atoms with Crippen molar-refractivity contribution in [3.63, 3.8) is 0 Å². The minimum absolute atomic E-state index is 0.0587. The van der Waals surface area contributed by atoms with Crippen LogP contribution >= 0.6 is 0 Å². The van der Waals surface area contributed by atoms with Gasteiger partial charge in [0.25, 0.3) is 0 Å². The molecule has 0 aliphatic carbocycles. The van der Waals surface area contributed by atoms with Gasteiger partial charge in [0.1, 0.15) is 6.04 Å². The summed E-state index contributed by atoms with van der Waals surface area (Å²) in [6, 6.07) is 8.04. The normalized spacial score (nSPS) is 22.3. The molecule has 0 bridgehead atoms. The Balaban J connectivity index is 1.47. The Morgan fingerprint density at radius 1 is 1.16 bits per heavy atom. The van der Waals surface area contributed by atoms with E-state index in [1.165, 1.54) is 11.1 Å². The van der Waals surface area contributed by atoms with Gasteiger partial charge in [-0.25, -0.2) is 0 Å². The number of nitrogens with zero attached hydrogens (tertiary/aromatic N) is 3. The molecule has 2 aliphatic rings. The van der Waals surface area contributed by atoms with E-state index in [2.05, 4.69) is 36.1 Å². The van der Waals surface area contributed by atoms with Crippen molar-refractivity contribution >= 4 is 11.9 Å². The Bertz CT molecular complexity index is 626. The van der Waals surface area contributed by atoms with Crippen LogP contribution in [0.5, 0.6) is 0 Å². The lowest BCUT2D eigenvalue weighted by Crippen LogP contribution is -2.51. The van der Waals surface area contributed by atoms with Gasteiger partial charge in [-0.2, -0.15) is 0 Å². The van der Waals surface area contributed by atoms with Gasteiger partial charge in [0.15, 0.2) is 0 Å². The molecule has 0 aromatic heterocycles. The fourth-order valence-corrected chi connectivity index (χ4v) is 3.79. The number of piperazine rings is 1. The monoisotopic (exact) mass is 345 g/mol. The molecule has 0 spiro atoms. The fraction of sp³-hybridized carbons (Fsp3) is 0.579. The molecule has 2 fully saturated rings. The number of carboxylic acids is 1. The first-order chi connectivity index (χ1) is 12.0. The summed E-state index contributed by atoms with van der Waals surface area (Å²) in [4.78, 5) is 29.8. The van der Waals surface area contributed by atoms with Gasteiger partial charge in [-0.05, 0) is 31.9 Å². The molecule has 2 heterocycles. The number of likely N-dealkylation sites (tertiary alicyclic amines) is 1. The molecule has 3 rings (SSSR count). The second-order valence-electron chi connectivity index (χ2n) is 7.11. The quantitative estimate of drug-likeness (QED) is 0.868. The molecule has 6 heteroatoms. The highest BCUT2D eigenvalue weighted by Gasteiger charge is 2.33. The highest BCUT2D eigenvalue weighted by atomic mass is 16.4. The second kappa shape index (κ2) is 7.97. The highest BCUT2D eigenvalue weighted by molar-refractivity contribution is 5.80. The zero-order chi connectivity index (χ0) is 17.8. The Morgan fingerprint density at radius 3 is 2.60 bits per heavy atom. The van der Waals surface area contributed by atoms with Gasteiger partial charge in [-0.3, -0.25) is 19.4 Å². The third-order valence-electron chi connectivity index (χ3n) is 5.20. The SMILES string of the molecule is Cc1cccc(CN2CCN(C(=O)CN3CCC[C@H]3C(=O)O)CC2)c1. The smallest absolute Gasteiger partial charge is 0.320 e. The molecule has 25 heavy (non-hydrogen) atoms. The maximum Gasteiger partial charge on any atom is 0.320 e. The lowest BCUT2D eigenvalue weighted by Gasteiger charge is -2.35. The van der Waals surface area contributed by atoms with Gasteiger partial charge >= 0.3 is 5.97 Å². The van der Waals surface area contributed by atoms with Crippen LogP contribution in [-0.2, 0) is 16.1 Å². The highest BCUT2D eigenvalue weighted by Crippen LogP contribution is 2.18. The van der Waals surface area contributed by atoms with E-state index in [0.29, 0.717) is 13.0 Å². The van der Waals surface area contributed by atoms with Crippen LogP contribution in [0.1, 0.15) is 24.0 Å². The average molecular weight is 345 g/mol. The average Bonchev–Trinajstić information content (AvgIpc) is 3.04. The zero-order valence-electron chi connectivity index (χ0n) is 14.9. The fourth-order valence-electron chi connectivity index (χ4n) is 3.79. The Hall–Kier alpha value is -1.92. The maximum absolute atomic E-state index is 12.5. The molecule has 0 saturated carbocycles. The van der Waals surface area contributed by atoms with Crippen LogP contribution in [0.4, 0.5) is 0 Å². The van der Waals surface area contributed by atoms with Gasteiger partial charge in [-0.1, -0.05) is 29.8 Å². The number of hydrogen-bond donors (Lipinski definition) is 1. The van der Waals surface area contributed by atoms with Crippen LogP contribution in [0.3, 0.4) is 0 Å². The first-order valence-electron chi connectivity index (χ1n) is 9.05. The summed E-state index contributed by atoms with van der Waals surface area (Å²) < 4.78 is 0. The zero-order valence-corrected chi connectivity index (χ0v) is 14.9. The summed E-state index contributed by atoms with van der Waals surface area (Å²) in [5, 5.41) is 9.23. The molecule has 136 valence electrons. The summed E-state index contributed by atoms with van der Waals surface area (Å²) in [5.74, 6) is -0.753. The predicted octanol–water partition coefficient (Wildman–Crippen LogP) is 1.19. The molecule has 1 amide bonds. The van der Waals surface area contributed by atoms with E-state index in [1.807, 2.05) is 9.80 Å². The number of hydrogen-bond acceptors (Lipinski definition) is 4. The number of carboxylic acid groups (broad SMARTS) is 1. The summed E-state index contributed by atoms with van der Waals surface area (Å²) >= 11 is 0. The van der Waals surface area contributed by atoms with Gasteiger partial charge in [0.05, 0.1) is 6.54 Å². The van der Waals surface area contributed by atoms with Crippen molar-refractivity contribution in [3.8, 4) is 0 Å². The van der Waals surface area contributed by atoms with Crippen molar-refractivity contribution in [1.82, 2.24) is 14.7 Å². The molecule has 0 radical (unpaired) electrons. The molecule has 6 nitrogen and oxygen atoms in total. The van der Waals surface area contributed by atoms with E-state index in [1.54, 1.807) is 0 Å². The van der Waals surface area contributed by atoms with Crippen LogP contribution in [-0.4, -0.2) is 77.0 Å². The van der Waals surface area contributed by atoms with E-state index in [4.69, 9.17) is 0 Å². The molecule has 0 unspecified atom stereocenters. The van der Waals surface area contributed by atoms with Crippen molar-refractivity contribution in [2.45, 2.75) is 32.4 Å². The number of aliphatic carboxylic acids is 1. The second-order valence-corrected chi connectivity index (χ2v) is 7.11. The lowest BCUT2D eigenvalue weighted by molar-refractivity contribution is -0.143. The molecular weight excluding hydrogens is 318 g/mol. The van der Waals surface area contributed by atoms with Gasteiger partial charge in [0, 0.05) is 32.7 Å². The van der Waals surface area contributed by atoms with E-state index in [-0.39, 0.29) is 12.5 Å². The van der Waals surface area contributed by atoms with Crippen molar-refractivity contribution in [2.75, 3.05) is 39.3 Å². The van der Waals surface area contributed by atoms with Gasteiger partial charge in [-0.15, -0.1) is 0 Å². The van der Waals surface area contributed by atoms with Gasteiger partial charge in [0.2, 0.25) is 5.91 Å². The standard InChI is InChI=1S/C19H27N3O3/c1-15-4-2-5-16(12-15)13-20-8-10-21(11-9-20)18(23)14-22-7-3-6-17(22)19(24)25/h2,4-5,12,17H,3,6-11,13-14H2,1H3,(H,24,25)/t17-/m0/s1. The number of amides is 1. The van der Waals surface area contributed by atoms with Crippen molar-refractivity contribution in [2.24, 2.45) is 0 Å². The van der Waals surface area contributed by atoms with Crippen molar-refractivity contribution in [1.29, 1.82) is 0 Å². The Labute approximate surface area is 149 Å². The van der Waals surface area contributed by atoms with Crippen LogP contribution < -0.4 is 0 Å². The minimum atomic E-state index is -0.812. The number of rotatable bonds is 5. The van der Waals surface area contributed by atoms with Crippen LogP contribution in [0, 0.1) is 6.92 Å². The van der Waals surface area contributed by atoms with E-state index >= 15 is 0 Å². The number of carbonyl (C=O) groups is 2. The number of benzene rings is 1. The van der Waals surface area contributed by atoms with Crippen molar-refractivity contribution in [3.05, 3.63) is 35.4 Å². The molecule has 1 aromatic rings. The van der Waals surface area contributed by atoms with Crippen LogP contribution in [0.2, 0.25) is 0 Å². The van der Waals surface area contributed by atoms with Gasteiger partial charge < -0.3 is 10.0 Å². The van der Waals surface area contributed by atoms with Crippen LogP contribution in [0.15, 0.2) is 24.3 Å². The molecule has 2 aliphatic heterocycles. The topological polar surface area (TPSA) is 64.1 Å². The predicted molar refractivity (Wildman–Crippen MR) is 95.3 cm³/mol. The Morgan fingerprint density at radius 2 is 1.92 bits per heavy atom. The molecule has 2 saturated heterocycles. The first-order valence-corrected chi connectivity index (χ1v) is 9.05. The third-order valence-corrected chi connectivity index (χ3v) is 5.20. The van der Waals surface area contributed by atoms with E-state index in [9.17, 15) is 14.7 Å². The molecule has 1 N–H and O–H groups in total. The lowest BCUT2D eigenvalue weighted by atomic mass is 10.1. The minimum Gasteiger partial charge on any atom is -0.480 e. The summed E-state index contributed by atoms with van der Waals surface area (Å²) in [7, 11) is 0. The summed E-state index contributed by atoms with van der Waals surface area (Å²) in [6.07, 6.45) is 1.50. The summed E-state index contributed by atoms with van der Waals surface area (Å²) in [6.45, 7) is 7.11. The summed E-state index contributed by atoms with van der Waals surface area (Å²) in [5.41, 5.74) is 2.58. The largest absolute Gasteiger partial charge is 0.480 e.